The van der Waals surface area contributed by atoms with Gasteiger partial charge in [0, 0.05) is 7.05 Å². The van der Waals surface area contributed by atoms with Crippen molar-refractivity contribution in [2.45, 2.75) is 0 Å². The molecule has 0 aliphatic carbocycles. The zero-order valence-corrected chi connectivity index (χ0v) is 8.61. The van der Waals surface area contributed by atoms with Crippen LogP contribution in [0.1, 0.15) is 0 Å². The second-order valence-electron chi connectivity index (χ2n) is 3.64. The number of hydrogen-bond acceptors (Lipinski definition) is 2. The van der Waals surface area contributed by atoms with Crippen molar-refractivity contribution in [3.05, 3.63) is 36.5 Å². The summed E-state index contributed by atoms with van der Waals surface area (Å²) < 4.78 is 14.9. The number of imidazole rings is 2. The van der Waals surface area contributed by atoms with Crippen molar-refractivity contribution in [2.24, 2.45) is 7.05 Å². The molecule has 16 heavy (non-hydrogen) atoms. The molecular formula is C11H9FN4. The molecule has 0 atom stereocenters. The Bertz CT molecular complexity index is 653. The van der Waals surface area contributed by atoms with Crippen LogP contribution in [0.25, 0.3) is 22.6 Å². The molecule has 3 aromatic rings. The van der Waals surface area contributed by atoms with E-state index in [1.54, 1.807) is 18.6 Å². The summed E-state index contributed by atoms with van der Waals surface area (Å²) in [6.45, 7) is 0. The third kappa shape index (κ3) is 1.29. The Morgan fingerprint density at radius 3 is 3.00 bits per heavy atom. The number of hydrogen-bond donors (Lipinski definition) is 1. The van der Waals surface area contributed by atoms with Gasteiger partial charge in [-0.05, 0) is 18.2 Å². The summed E-state index contributed by atoms with van der Waals surface area (Å²) in [4.78, 5) is 11.5. The van der Waals surface area contributed by atoms with E-state index in [4.69, 9.17) is 0 Å². The number of benzene rings is 1. The third-order valence-corrected chi connectivity index (χ3v) is 2.50. The molecule has 0 fully saturated rings. The van der Waals surface area contributed by atoms with Crippen LogP contribution in [0.3, 0.4) is 0 Å². The first-order valence-electron chi connectivity index (χ1n) is 4.86. The van der Waals surface area contributed by atoms with E-state index in [1.807, 2.05) is 11.6 Å². The number of halogens is 1. The first-order valence-corrected chi connectivity index (χ1v) is 4.86. The quantitative estimate of drug-likeness (QED) is 0.677. The number of aromatic nitrogens is 4. The highest BCUT2D eigenvalue weighted by Gasteiger charge is 2.08. The fraction of sp³-hybridized carbons (Fsp3) is 0.0909. The van der Waals surface area contributed by atoms with Gasteiger partial charge < -0.3 is 9.55 Å². The summed E-state index contributed by atoms with van der Waals surface area (Å²) in [6.07, 6.45) is 3.41. The minimum atomic E-state index is -0.271. The van der Waals surface area contributed by atoms with Crippen LogP contribution in [0, 0.1) is 5.82 Å². The summed E-state index contributed by atoms with van der Waals surface area (Å²) in [6, 6.07) is 4.49. The van der Waals surface area contributed by atoms with Crippen molar-refractivity contribution in [1.82, 2.24) is 19.5 Å². The molecule has 2 aromatic heterocycles. The van der Waals surface area contributed by atoms with Crippen molar-refractivity contribution in [1.29, 1.82) is 0 Å². The molecule has 0 saturated carbocycles. The number of nitrogens with zero attached hydrogens (tertiary/aromatic N) is 3. The average Bonchev–Trinajstić information content (AvgIpc) is 2.82. The molecule has 0 aliphatic rings. The van der Waals surface area contributed by atoms with E-state index >= 15 is 0 Å². The molecule has 0 saturated heterocycles. The predicted molar refractivity (Wildman–Crippen MR) is 58.3 cm³/mol. The lowest BCUT2D eigenvalue weighted by atomic mass is 10.3. The molecule has 1 aromatic carbocycles. The van der Waals surface area contributed by atoms with E-state index in [2.05, 4.69) is 15.0 Å². The number of fused-ring (bicyclic) bond motifs is 1. The molecule has 3 rings (SSSR count). The fourth-order valence-corrected chi connectivity index (χ4v) is 1.69. The maximum atomic E-state index is 13.0. The summed E-state index contributed by atoms with van der Waals surface area (Å²) in [7, 11) is 1.89. The largest absolute Gasteiger partial charge is 0.337 e. The monoisotopic (exact) mass is 216 g/mol. The summed E-state index contributed by atoms with van der Waals surface area (Å²) in [5.41, 5.74) is 2.31. The number of H-pyrrole nitrogens is 1. The second kappa shape index (κ2) is 3.16. The van der Waals surface area contributed by atoms with Gasteiger partial charge in [-0.15, -0.1) is 0 Å². The lowest BCUT2D eigenvalue weighted by Gasteiger charge is -1.95. The van der Waals surface area contributed by atoms with E-state index in [0.717, 1.165) is 11.2 Å². The van der Waals surface area contributed by atoms with Gasteiger partial charge in [0.25, 0.3) is 0 Å². The fourth-order valence-electron chi connectivity index (χ4n) is 1.69. The van der Waals surface area contributed by atoms with Crippen LogP contribution in [0.5, 0.6) is 0 Å². The van der Waals surface area contributed by atoms with Gasteiger partial charge in [0.05, 0.1) is 23.6 Å². The van der Waals surface area contributed by atoms with Gasteiger partial charge in [0.15, 0.2) is 5.82 Å². The summed E-state index contributed by atoms with van der Waals surface area (Å²) >= 11 is 0. The topological polar surface area (TPSA) is 46.5 Å². The van der Waals surface area contributed by atoms with E-state index in [0.29, 0.717) is 11.3 Å². The van der Waals surface area contributed by atoms with Gasteiger partial charge in [-0.2, -0.15) is 0 Å². The molecule has 0 spiro atoms. The molecule has 4 nitrogen and oxygen atoms in total. The van der Waals surface area contributed by atoms with Crippen LogP contribution >= 0.6 is 0 Å². The van der Waals surface area contributed by atoms with Crippen molar-refractivity contribution < 1.29 is 4.39 Å². The molecule has 1 N–H and O–H groups in total. The highest BCUT2D eigenvalue weighted by molar-refractivity contribution is 5.78. The van der Waals surface area contributed by atoms with Crippen LogP contribution in [0.4, 0.5) is 4.39 Å². The SMILES string of the molecule is Cn1cncc1-c1nc2ccc(F)cc2[nH]1. The lowest BCUT2D eigenvalue weighted by molar-refractivity contribution is 0.629. The third-order valence-electron chi connectivity index (χ3n) is 2.50. The molecule has 2 heterocycles. The first-order chi connectivity index (χ1) is 7.74. The van der Waals surface area contributed by atoms with Crippen LogP contribution < -0.4 is 0 Å². The van der Waals surface area contributed by atoms with Gasteiger partial charge in [-0.3, -0.25) is 0 Å². The Kier molecular flexibility index (Phi) is 1.80. The average molecular weight is 216 g/mol. The van der Waals surface area contributed by atoms with E-state index in [-0.39, 0.29) is 5.82 Å². The van der Waals surface area contributed by atoms with Crippen molar-refractivity contribution in [3.63, 3.8) is 0 Å². The van der Waals surface area contributed by atoms with Crippen LogP contribution in [-0.2, 0) is 7.05 Å². The Balaban J connectivity index is 2.23. The molecule has 0 aliphatic heterocycles. The number of rotatable bonds is 1. The normalized spacial score (nSPS) is 11.1. The Labute approximate surface area is 90.8 Å². The number of nitrogens with one attached hydrogen (secondary N) is 1. The smallest absolute Gasteiger partial charge is 0.156 e. The maximum Gasteiger partial charge on any atom is 0.156 e. The molecule has 0 unspecified atom stereocenters. The van der Waals surface area contributed by atoms with Crippen LogP contribution in [0.2, 0.25) is 0 Å². The number of aromatic amines is 1. The van der Waals surface area contributed by atoms with Crippen LogP contribution in [-0.4, -0.2) is 19.5 Å². The van der Waals surface area contributed by atoms with Gasteiger partial charge in [-0.1, -0.05) is 0 Å². The minimum absolute atomic E-state index is 0.271. The zero-order valence-electron chi connectivity index (χ0n) is 8.61. The maximum absolute atomic E-state index is 13.0. The Hall–Kier alpha value is -2.17. The second-order valence-corrected chi connectivity index (χ2v) is 3.64. The molecular weight excluding hydrogens is 207 g/mol. The van der Waals surface area contributed by atoms with E-state index in [9.17, 15) is 4.39 Å². The molecule has 0 bridgehead atoms. The van der Waals surface area contributed by atoms with Crippen molar-refractivity contribution in [2.75, 3.05) is 0 Å². The van der Waals surface area contributed by atoms with Crippen molar-refractivity contribution >= 4 is 11.0 Å². The van der Waals surface area contributed by atoms with Gasteiger partial charge in [-0.25, -0.2) is 14.4 Å². The lowest BCUT2D eigenvalue weighted by Crippen LogP contribution is -1.90. The standard InChI is InChI=1S/C11H9FN4/c1-16-6-13-5-10(16)11-14-8-3-2-7(12)4-9(8)15-11/h2-6H,1H3,(H,14,15). The summed E-state index contributed by atoms with van der Waals surface area (Å²) in [5, 5.41) is 0. The Morgan fingerprint density at radius 1 is 1.38 bits per heavy atom. The molecule has 0 amide bonds. The van der Waals surface area contributed by atoms with E-state index in [1.165, 1.54) is 12.1 Å². The van der Waals surface area contributed by atoms with Crippen molar-refractivity contribution in [3.8, 4) is 11.5 Å². The van der Waals surface area contributed by atoms with Gasteiger partial charge >= 0.3 is 0 Å². The minimum Gasteiger partial charge on any atom is -0.337 e. The molecule has 5 heteroatoms. The van der Waals surface area contributed by atoms with Gasteiger partial charge in [0.2, 0.25) is 0 Å². The molecule has 0 radical (unpaired) electrons. The Morgan fingerprint density at radius 2 is 2.25 bits per heavy atom. The highest BCUT2D eigenvalue weighted by Crippen LogP contribution is 2.19. The van der Waals surface area contributed by atoms with E-state index < -0.39 is 0 Å². The zero-order chi connectivity index (χ0) is 11.1. The van der Waals surface area contributed by atoms with Crippen LogP contribution in [0.15, 0.2) is 30.7 Å². The number of aryl methyl sites for hydroxylation is 1. The predicted octanol–water partition coefficient (Wildman–Crippen LogP) is 2.10. The van der Waals surface area contributed by atoms with Gasteiger partial charge in [0.1, 0.15) is 11.5 Å². The first kappa shape index (κ1) is 9.08. The molecule has 80 valence electrons. The highest BCUT2D eigenvalue weighted by atomic mass is 19.1. The summed E-state index contributed by atoms with van der Waals surface area (Å²) in [5.74, 6) is 0.424.